The van der Waals surface area contributed by atoms with Gasteiger partial charge >= 0.3 is 11.9 Å². The molecule has 0 unspecified atom stereocenters. The number of hydrogen-bond acceptors (Lipinski definition) is 3. The third-order valence-electron chi connectivity index (χ3n) is 1.07. The first kappa shape index (κ1) is 7.53. The van der Waals surface area contributed by atoms with Crippen LogP contribution in [0.3, 0.4) is 0 Å². The van der Waals surface area contributed by atoms with Crippen LogP contribution in [0.1, 0.15) is 17.3 Å². The number of ether oxygens (including phenoxy) is 1. The van der Waals surface area contributed by atoms with Gasteiger partial charge in [0.25, 0.3) is 0 Å². The second kappa shape index (κ2) is 3.01. The summed E-state index contributed by atoms with van der Waals surface area (Å²) < 4.78 is 4.30. The van der Waals surface area contributed by atoms with Gasteiger partial charge in [0.05, 0.1) is 5.56 Å². The van der Waals surface area contributed by atoms with Crippen LogP contribution in [0.15, 0.2) is 18.5 Å². The first-order valence-electron chi connectivity index (χ1n) is 3.05. The average Bonchev–Trinajstić information content (AvgIpc) is 2.35. The number of nitrogens with one attached hydrogen (secondary N) is 1. The largest absolute Gasteiger partial charge is 0.390 e. The molecule has 1 N–H and O–H groups in total. The number of hydrogen-bond donors (Lipinski definition) is 1. The molecule has 0 saturated carbocycles. The first-order valence-corrected chi connectivity index (χ1v) is 3.05. The van der Waals surface area contributed by atoms with E-state index in [0.717, 1.165) is 0 Å². The number of H-pyrrole nitrogens is 1. The highest BCUT2D eigenvalue weighted by atomic mass is 16.6. The fourth-order valence-electron chi connectivity index (χ4n) is 0.640. The molecule has 4 nitrogen and oxygen atoms in total. The minimum Gasteiger partial charge on any atom is -0.390 e. The molecule has 11 heavy (non-hydrogen) atoms. The zero-order chi connectivity index (χ0) is 8.27. The molecular formula is C7H7NO3. The molecule has 0 bridgehead atoms. The van der Waals surface area contributed by atoms with E-state index in [9.17, 15) is 9.59 Å². The molecule has 4 heteroatoms. The van der Waals surface area contributed by atoms with E-state index in [4.69, 9.17) is 0 Å². The van der Waals surface area contributed by atoms with Gasteiger partial charge < -0.3 is 9.72 Å². The number of carbonyl (C=O) groups is 2. The Morgan fingerprint density at radius 2 is 2.27 bits per heavy atom. The summed E-state index contributed by atoms with van der Waals surface area (Å²) in [5.74, 6) is -1.23. The van der Waals surface area contributed by atoms with Crippen LogP contribution >= 0.6 is 0 Å². The summed E-state index contributed by atoms with van der Waals surface area (Å²) in [7, 11) is 0. The van der Waals surface area contributed by atoms with Crippen molar-refractivity contribution < 1.29 is 14.3 Å². The Bertz CT molecular complexity index is 263. The number of aromatic amines is 1. The van der Waals surface area contributed by atoms with Crippen LogP contribution in [-0.4, -0.2) is 16.9 Å². The highest BCUT2D eigenvalue weighted by molar-refractivity contribution is 5.95. The molecule has 0 radical (unpaired) electrons. The maximum atomic E-state index is 10.9. The van der Waals surface area contributed by atoms with Crippen molar-refractivity contribution in [1.29, 1.82) is 0 Å². The average molecular weight is 153 g/mol. The van der Waals surface area contributed by atoms with E-state index in [0.29, 0.717) is 5.56 Å². The number of rotatable bonds is 1. The van der Waals surface area contributed by atoms with Gasteiger partial charge in [-0.2, -0.15) is 0 Å². The summed E-state index contributed by atoms with van der Waals surface area (Å²) in [4.78, 5) is 23.8. The monoisotopic (exact) mass is 153 g/mol. The fourth-order valence-corrected chi connectivity index (χ4v) is 0.640. The van der Waals surface area contributed by atoms with Gasteiger partial charge in [0.2, 0.25) is 0 Å². The highest BCUT2D eigenvalue weighted by Crippen LogP contribution is 1.98. The van der Waals surface area contributed by atoms with Crippen LogP contribution in [-0.2, 0) is 9.53 Å². The summed E-state index contributed by atoms with van der Waals surface area (Å²) in [6.45, 7) is 1.19. The third kappa shape index (κ3) is 1.93. The maximum absolute atomic E-state index is 10.9. The van der Waals surface area contributed by atoms with Crippen molar-refractivity contribution in [3.05, 3.63) is 24.0 Å². The zero-order valence-corrected chi connectivity index (χ0v) is 5.96. The number of carbonyl (C=O) groups excluding carboxylic acids is 2. The standard InChI is InChI=1S/C7H7NO3/c1-5(9)11-7(10)6-2-3-8-4-6/h2-4,8H,1H3. The van der Waals surface area contributed by atoms with Crippen LogP contribution in [0, 0.1) is 0 Å². The molecule has 0 atom stereocenters. The van der Waals surface area contributed by atoms with Gasteiger partial charge in [0, 0.05) is 19.3 Å². The van der Waals surface area contributed by atoms with Crippen molar-refractivity contribution in [2.75, 3.05) is 0 Å². The van der Waals surface area contributed by atoms with E-state index in [1.165, 1.54) is 19.2 Å². The van der Waals surface area contributed by atoms with Crippen molar-refractivity contribution in [2.45, 2.75) is 6.92 Å². The normalized spacial score (nSPS) is 9.18. The molecule has 1 rings (SSSR count). The molecule has 58 valence electrons. The first-order chi connectivity index (χ1) is 5.20. The molecule has 0 amide bonds. The van der Waals surface area contributed by atoms with E-state index < -0.39 is 11.9 Å². The van der Waals surface area contributed by atoms with Crippen molar-refractivity contribution >= 4 is 11.9 Å². The molecule has 0 fully saturated rings. The smallest absolute Gasteiger partial charge is 0.347 e. The van der Waals surface area contributed by atoms with Crippen molar-refractivity contribution in [3.63, 3.8) is 0 Å². The molecule has 1 aromatic heterocycles. The summed E-state index contributed by atoms with van der Waals surface area (Å²) in [6.07, 6.45) is 3.04. The lowest BCUT2D eigenvalue weighted by atomic mass is 10.3. The minimum atomic E-state index is -0.626. The molecule has 1 heterocycles. The van der Waals surface area contributed by atoms with Gasteiger partial charge in [-0.25, -0.2) is 4.79 Å². The van der Waals surface area contributed by atoms with E-state index in [1.54, 1.807) is 6.20 Å². The van der Waals surface area contributed by atoms with Crippen LogP contribution in [0.2, 0.25) is 0 Å². The molecule has 0 aliphatic rings. The molecule has 0 spiro atoms. The summed E-state index contributed by atoms with van der Waals surface area (Å²) >= 11 is 0. The van der Waals surface area contributed by atoms with Crippen molar-refractivity contribution in [1.82, 2.24) is 4.98 Å². The minimum absolute atomic E-state index is 0.347. The second-order valence-electron chi connectivity index (χ2n) is 1.98. The van der Waals surface area contributed by atoms with E-state index in [2.05, 4.69) is 9.72 Å². The van der Waals surface area contributed by atoms with Gasteiger partial charge in [-0.3, -0.25) is 4.79 Å². The summed E-state index contributed by atoms with van der Waals surface area (Å²) in [5, 5.41) is 0. The Morgan fingerprint density at radius 1 is 1.55 bits per heavy atom. The second-order valence-corrected chi connectivity index (χ2v) is 1.98. The SMILES string of the molecule is CC(=O)OC(=O)c1cc[nH]c1. The lowest BCUT2D eigenvalue weighted by Crippen LogP contribution is -2.07. The van der Waals surface area contributed by atoms with Gasteiger partial charge in [0.1, 0.15) is 0 Å². The van der Waals surface area contributed by atoms with E-state index in [-0.39, 0.29) is 0 Å². The Kier molecular flexibility index (Phi) is 2.06. The van der Waals surface area contributed by atoms with Crippen LogP contribution < -0.4 is 0 Å². The van der Waals surface area contributed by atoms with Gasteiger partial charge in [0.15, 0.2) is 0 Å². The molecular weight excluding hydrogens is 146 g/mol. The van der Waals surface area contributed by atoms with E-state index in [1.807, 2.05) is 0 Å². The molecule has 0 aliphatic heterocycles. The van der Waals surface area contributed by atoms with Crippen molar-refractivity contribution in [3.8, 4) is 0 Å². The number of esters is 2. The predicted octanol–water partition coefficient (Wildman–Crippen LogP) is 0.718. The highest BCUT2D eigenvalue weighted by Gasteiger charge is 2.08. The predicted molar refractivity (Wildman–Crippen MR) is 36.9 cm³/mol. The fraction of sp³-hybridized carbons (Fsp3) is 0.143. The Hall–Kier alpha value is -1.58. The summed E-state index contributed by atoms with van der Waals surface area (Å²) in [5.41, 5.74) is 0.347. The zero-order valence-electron chi connectivity index (χ0n) is 5.96. The lowest BCUT2D eigenvalue weighted by Gasteiger charge is -1.94. The van der Waals surface area contributed by atoms with Crippen LogP contribution in [0.5, 0.6) is 0 Å². The van der Waals surface area contributed by atoms with Crippen LogP contribution in [0.4, 0.5) is 0 Å². The van der Waals surface area contributed by atoms with Crippen LogP contribution in [0.25, 0.3) is 0 Å². The van der Waals surface area contributed by atoms with E-state index >= 15 is 0 Å². The molecule has 0 saturated heterocycles. The van der Waals surface area contributed by atoms with Gasteiger partial charge in [-0.1, -0.05) is 0 Å². The third-order valence-corrected chi connectivity index (χ3v) is 1.07. The Morgan fingerprint density at radius 3 is 2.73 bits per heavy atom. The number of aromatic nitrogens is 1. The Balaban J connectivity index is 2.64. The molecule has 0 aromatic carbocycles. The molecule has 1 aromatic rings. The Labute approximate surface area is 63.2 Å². The molecule has 0 aliphatic carbocycles. The maximum Gasteiger partial charge on any atom is 0.347 e. The van der Waals surface area contributed by atoms with Crippen molar-refractivity contribution in [2.24, 2.45) is 0 Å². The topological polar surface area (TPSA) is 59.2 Å². The summed E-state index contributed by atoms with van der Waals surface area (Å²) in [6, 6.07) is 1.53. The quantitative estimate of drug-likeness (QED) is 0.477. The van der Waals surface area contributed by atoms with Gasteiger partial charge in [-0.05, 0) is 6.07 Å². The lowest BCUT2D eigenvalue weighted by molar-refractivity contribution is -0.135. The van der Waals surface area contributed by atoms with Gasteiger partial charge in [-0.15, -0.1) is 0 Å².